The number of pyridine rings is 1. The van der Waals surface area contributed by atoms with Crippen molar-refractivity contribution in [1.82, 2.24) is 15.0 Å². The Labute approximate surface area is 166 Å². The first kappa shape index (κ1) is 19.0. The van der Waals surface area contributed by atoms with E-state index in [0.29, 0.717) is 12.7 Å². The maximum absolute atomic E-state index is 6.17. The molecule has 1 aliphatic rings. The van der Waals surface area contributed by atoms with Crippen LogP contribution in [0.4, 0.5) is 0 Å². The van der Waals surface area contributed by atoms with Crippen LogP contribution in [0.5, 0.6) is 0 Å². The summed E-state index contributed by atoms with van der Waals surface area (Å²) in [5.74, 6) is 0. The van der Waals surface area contributed by atoms with E-state index in [4.69, 9.17) is 9.47 Å². The van der Waals surface area contributed by atoms with Crippen molar-refractivity contribution < 1.29 is 9.47 Å². The topological polar surface area (TPSA) is 57.1 Å². The van der Waals surface area contributed by atoms with Gasteiger partial charge in [-0.15, -0.1) is 0 Å². The lowest BCUT2D eigenvalue weighted by Gasteiger charge is -2.16. The lowest BCUT2D eigenvalue weighted by Crippen LogP contribution is -2.15. The van der Waals surface area contributed by atoms with Crippen LogP contribution >= 0.6 is 0 Å². The average Bonchev–Trinajstić information content (AvgIpc) is 2.98. The minimum atomic E-state index is 0.298. The Morgan fingerprint density at radius 3 is 2.86 bits per heavy atom. The summed E-state index contributed by atoms with van der Waals surface area (Å²) in [6.45, 7) is 6.42. The van der Waals surface area contributed by atoms with Crippen molar-refractivity contribution in [3.8, 4) is 11.3 Å². The van der Waals surface area contributed by atoms with Gasteiger partial charge in [-0.25, -0.2) is 9.97 Å². The molecule has 1 aromatic carbocycles. The first-order chi connectivity index (χ1) is 13.7. The zero-order valence-electron chi connectivity index (χ0n) is 16.6. The van der Waals surface area contributed by atoms with Gasteiger partial charge in [0.25, 0.3) is 0 Å². The van der Waals surface area contributed by atoms with Crippen molar-refractivity contribution in [2.75, 3.05) is 19.8 Å². The van der Waals surface area contributed by atoms with E-state index in [1.807, 2.05) is 13.1 Å². The van der Waals surface area contributed by atoms with Crippen molar-refractivity contribution in [3.05, 3.63) is 53.6 Å². The molecule has 5 heteroatoms. The Bertz CT molecular complexity index is 932. The monoisotopic (exact) mass is 377 g/mol. The number of rotatable bonds is 5. The summed E-state index contributed by atoms with van der Waals surface area (Å²) in [6, 6.07) is 8.51. The molecule has 0 bridgehead atoms. The fourth-order valence-corrected chi connectivity index (χ4v) is 3.72. The molecule has 1 aliphatic heterocycles. The molecule has 5 nitrogen and oxygen atoms in total. The largest absolute Gasteiger partial charge is 0.381 e. The summed E-state index contributed by atoms with van der Waals surface area (Å²) in [5, 5.41) is 1.08. The van der Waals surface area contributed by atoms with Gasteiger partial charge in [-0.2, -0.15) is 0 Å². The molecule has 1 atom stereocenters. The van der Waals surface area contributed by atoms with Crippen LogP contribution in [0.3, 0.4) is 0 Å². The first-order valence-electron chi connectivity index (χ1n) is 10.1. The number of aromatic nitrogens is 3. The summed E-state index contributed by atoms with van der Waals surface area (Å²) < 4.78 is 11.7. The van der Waals surface area contributed by atoms with Crippen LogP contribution in [0.15, 0.2) is 36.8 Å². The number of hydrogen-bond acceptors (Lipinski definition) is 5. The minimum Gasteiger partial charge on any atom is -0.381 e. The molecule has 1 saturated heterocycles. The zero-order chi connectivity index (χ0) is 19.3. The molecule has 0 radical (unpaired) electrons. The molecule has 0 spiro atoms. The van der Waals surface area contributed by atoms with Crippen LogP contribution in [0.25, 0.3) is 22.2 Å². The third-order valence-corrected chi connectivity index (χ3v) is 5.35. The molecule has 3 heterocycles. The molecule has 146 valence electrons. The van der Waals surface area contributed by atoms with Crippen molar-refractivity contribution in [2.45, 2.75) is 45.6 Å². The molecule has 4 rings (SSSR count). The van der Waals surface area contributed by atoms with Crippen molar-refractivity contribution in [1.29, 1.82) is 0 Å². The van der Waals surface area contributed by atoms with E-state index in [0.717, 1.165) is 72.3 Å². The fourth-order valence-electron chi connectivity index (χ4n) is 3.72. The highest BCUT2D eigenvalue weighted by molar-refractivity contribution is 5.88. The summed E-state index contributed by atoms with van der Waals surface area (Å²) >= 11 is 0. The molecular weight excluding hydrogens is 350 g/mol. The van der Waals surface area contributed by atoms with Crippen molar-refractivity contribution >= 4 is 10.9 Å². The number of ether oxygens (including phenoxy) is 2. The van der Waals surface area contributed by atoms with Crippen molar-refractivity contribution in [2.24, 2.45) is 0 Å². The number of hydrogen-bond donors (Lipinski definition) is 0. The quantitative estimate of drug-likeness (QED) is 0.658. The molecule has 0 N–H and O–H groups in total. The van der Waals surface area contributed by atoms with Gasteiger partial charge >= 0.3 is 0 Å². The van der Waals surface area contributed by atoms with E-state index < -0.39 is 0 Å². The lowest BCUT2D eigenvalue weighted by molar-refractivity contribution is 0.0398. The van der Waals surface area contributed by atoms with Crippen LogP contribution in [-0.4, -0.2) is 40.9 Å². The molecule has 3 aromatic rings. The van der Waals surface area contributed by atoms with Gasteiger partial charge in [-0.3, -0.25) is 4.98 Å². The van der Waals surface area contributed by atoms with Crippen LogP contribution in [-0.2, 0) is 15.9 Å². The maximum Gasteiger partial charge on any atom is 0.116 e. The first-order valence-corrected chi connectivity index (χ1v) is 10.1. The highest BCUT2D eigenvalue weighted by atomic mass is 16.5. The Hall–Kier alpha value is -2.37. The van der Waals surface area contributed by atoms with Crippen molar-refractivity contribution in [3.63, 3.8) is 0 Å². The third kappa shape index (κ3) is 4.37. The fraction of sp³-hybridized carbons (Fsp3) is 0.435. The number of benzene rings is 1. The summed E-state index contributed by atoms with van der Waals surface area (Å²) in [6.07, 6.45) is 7.81. The van der Waals surface area contributed by atoms with Gasteiger partial charge in [0.05, 0.1) is 23.9 Å². The van der Waals surface area contributed by atoms with Gasteiger partial charge in [0.1, 0.15) is 6.33 Å². The average molecular weight is 377 g/mol. The predicted octanol–water partition coefficient (Wildman–Crippen LogP) is 4.44. The molecular formula is C23H27N3O2. The van der Waals surface area contributed by atoms with E-state index in [9.17, 15) is 0 Å². The van der Waals surface area contributed by atoms with Gasteiger partial charge in [-0.05, 0) is 68.9 Å². The number of fused-ring (bicyclic) bond motifs is 1. The van der Waals surface area contributed by atoms with Gasteiger partial charge in [-0.1, -0.05) is 6.07 Å². The van der Waals surface area contributed by atoms with E-state index >= 15 is 0 Å². The second kappa shape index (κ2) is 8.76. The van der Waals surface area contributed by atoms with Gasteiger partial charge in [0.2, 0.25) is 0 Å². The minimum absolute atomic E-state index is 0.298. The molecule has 0 amide bonds. The second-order valence-electron chi connectivity index (χ2n) is 7.50. The van der Waals surface area contributed by atoms with Crippen LogP contribution in [0, 0.1) is 13.8 Å². The van der Waals surface area contributed by atoms with E-state index in [-0.39, 0.29) is 0 Å². The SMILES string of the molecule is Cc1ccc(-c2cc(CCOC3CCCOCC3)c3ncnc(C)c3c2)nc1. The Morgan fingerprint density at radius 2 is 2.00 bits per heavy atom. The molecule has 1 unspecified atom stereocenters. The lowest BCUT2D eigenvalue weighted by atomic mass is 10.00. The normalized spacial score (nSPS) is 17.6. The molecule has 28 heavy (non-hydrogen) atoms. The number of aryl methyl sites for hydroxylation is 2. The zero-order valence-corrected chi connectivity index (χ0v) is 16.6. The standard InChI is InChI=1S/C23H27N3O2/c1-16-5-6-22(24-14-16)19-12-18(23-21(13-19)17(2)25-15-26-23)7-11-28-20-4-3-9-27-10-8-20/h5-6,12-15,20H,3-4,7-11H2,1-2H3. The van der Waals surface area contributed by atoms with E-state index in [1.54, 1.807) is 6.33 Å². The van der Waals surface area contributed by atoms with Crippen LogP contribution < -0.4 is 0 Å². The predicted molar refractivity (Wildman–Crippen MR) is 110 cm³/mol. The Balaban J connectivity index is 1.60. The van der Waals surface area contributed by atoms with E-state index in [1.165, 1.54) is 5.56 Å². The Kier molecular flexibility index (Phi) is 5.93. The Morgan fingerprint density at radius 1 is 1.07 bits per heavy atom. The highest BCUT2D eigenvalue weighted by Gasteiger charge is 2.14. The molecule has 0 aliphatic carbocycles. The van der Waals surface area contributed by atoms with Crippen LogP contribution in [0.1, 0.15) is 36.1 Å². The van der Waals surface area contributed by atoms with E-state index in [2.05, 4.69) is 46.1 Å². The molecule has 0 saturated carbocycles. The molecule has 2 aromatic heterocycles. The smallest absolute Gasteiger partial charge is 0.116 e. The number of nitrogens with zero attached hydrogens (tertiary/aromatic N) is 3. The molecule has 1 fully saturated rings. The van der Waals surface area contributed by atoms with Gasteiger partial charge < -0.3 is 9.47 Å². The second-order valence-corrected chi connectivity index (χ2v) is 7.50. The third-order valence-electron chi connectivity index (χ3n) is 5.35. The summed E-state index contributed by atoms with van der Waals surface area (Å²) in [5.41, 5.74) is 6.41. The summed E-state index contributed by atoms with van der Waals surface area (Å²) in [4.78, 5) is 13.6. The van der Waals surface area contributed by atoms with Crippen LogP contribution in [0.2, 0.25) is 0 Å². The van der Waals surface area contributed by atoms with Gasteiger partial charge in [0, 0.05) is 36.1 Å². The maximum atomic E-state index is 6.17. The van der Waals surface area contributed by atoms with Gasteiger partial charge in [0.15, 0.2) is 0 Å². The highest BCUT2D eigenvalue weighted by Crippen LogP contribution is 2.27. The summed E-state index contributed by atoms with van der Waals surface area (Å²) in [7, 11) is 0.